The first-order valence-corrected chi connectivity index (χ1v) is 11.2. The summed E-state index contributed by atoms with van der Waals surface area (Å²) in [7, 11) is 0. The number of hydrogen-bond acceptors (Lipinski definition) is 5. The van der Waals surface area contributed by atoms with Crippen molar-refractivity contribution in [3.63, 3.8) is 0 Å². The van der Waals surface area contributed by atoms with Crippen LogP contribution in [0.1, 0.15) is 57.1 Å². The van der Waals surface area contributed by atoms with E-state index in [1.54, 1.807) is 11.0 Å². The Labute approximate surface area is 193 Å². The van der Waals surface area contributed by atoms with Gasteiger partial charge in [-0.15, -0.1) is 0 Å². The van der Waals surface area contributed by atoms with Gasteiger partial charge in [-0.3, -0.25) is 24.6 Å². The summed E-state index contributed by atoms with van der Waals surface area (Å²) in [5.41, 5.74) is 2.87. The number of benzene rings is 2. The smallest absolute Gasteiger partial charge is 0.271 e. The molecule has 33 heavy (non-hydrogen) atoms. The summed E-state index contributed by atoms with van der Waals surface area (Å²) in [6.07, 6.45) is 1.00. The number of non-ortho nitro benzene ring substituents is 1. The normalized spacial score (nSPS) is 20.0. The van der Waals surface area contributed by atoms with Crippen LogP contribution in [-0.2, 0) is 9.59 Å². The highest BCUT2D eigenvalue weighted by Gasteiger charge is 2.45. The maximum absolute atomic E-state index is 13.6. The number of nitro groups is 1. The quantitative estimate of drug-likeness (QED) is 0.447. The van der Waals surface area contributed by atoms with E-state index in [0.29, 0.717) is 42.2 Å². The van der Waals surface area contributed by atoms with E-state index in [0.717, 1.165) is 11.1 Å². The zero-order valence-corrected chi connectivity index (χ0v) is 19.4. The molecular weight excluding hydrogens is 420 g/mol. The zero-order valence-electron chi connectivity index (χ0n) is 19.4. The molecule has 1 unspecified atom stereocenters. The molecule has 2 aliphatic rings. The molecule has 0 saturated heterocycles. The molecule has 0 bridgehead atoms. The zero-order chi connectivity index (χ0) is 23.9. The second-order valence-corrected chi connectivity index (χ2v) is 9.49. The number of aryl methyl sites for hydroxylation is 1. The van der Waals surface area contributed by atoms with Gasteiger partial charge in [0.2, 0.25) is 5.91 Å². The molecule has 2 aromatic carbocycles. The highest BCUT2D eigenvalue weighted by atomic mass is 16.6. The van der Waals surface area contributed by atoms with Crippen LogP contribution in [0, 0.1) is 22.5 Å². The fourth-order valence-electron chi connectivity index (χ4n) is 4.97. The number of anilines is 1. The molecule has 1 atom stereocenters. The number of ketones is 1. The van der Waals surface area contributed by atoms with Gasteiger partial charge in [0.05, 0.1) is 17.2 Å². The van der Waals surface area contributed by atoms with Crippen LogP contribution in [0.25, 0.3) is 0 Å². The number of allylic oxidation sites excluding steroid dienone is 2. The first-order chi connectivity index (χ1) is 15.6. The van der Waals surface area contributed by atoms with Gasteiger partial charge >= 0.3 is 0 Å². The fourth-order valence-corrected chi connectivity index (χ4v) is 4.97. The number of nitro benzene ring substituents is 1. The number of amides is 1. The number of rotatable bonds is 5. The van der Waals surface area contributed by atoms with Crippen LogP contribution in [0.2, 0.25) is 0 Å². The predicted molar refractivity (Wildman–Crippen MR) is 125 cm³/mol. The lowest BCUT2D eigenvalue weighted by molar-refractivity contribution is -0.384. The van der Waals surface area contributed by atoms with Crippen LogP contribution >= 0.6 is 0 Å². The molecule has 1 heterocycles. The summed E-state index contributed by atoms with van der Waals surface area (Å²) < 4.78 is 5.82. The third-order valence-corrected chi connectivity index (χ3v) is 6.38. The Balaban J connectivity index is 1.94. The fraction of sp³-hybridized carbons (Fsp3) is 0.385. The van der Waals surface area contributed by atoms with Crippen molar-refractivity contribution in [2.45, 2.75) is 52.9 Å². The average molecular weight is 449 g/mol. The van der Waals surface area contributed by atoms with Crippen LogP contribution in [0.5, 0.6) is 5.75 Å². The van der Waals surface area contributed by atoms with E-state index >= 15 is 0 Å². The number of ether oxygens (including phenoxy) is 1. The second-order valence-electron chi connectivity index (χ2n) is 9.49. The Morgan fingerprint density at radius 1 is 1.15 bits per heavy atom. The van der Waals surface area contributed by atoms with Gasteiger partial charge in [-0.05, 0) is 37.3 Å². The summed E-state index contributed by atoms with van der Waals surface area (Å²) in [5, 5.41) is 11.4. The van der Waals surface area contributed by atoms with E-state index in [1.807, 2.05) is 52.0 Å². The highest BCUT2D eigenvalue weighted by molar-refractivity contribution is 6.08. The van der Waals surface area contributed by atoms with Gasteiger partial charge in [0, 0.05) is 47.7 Å². The molecule has 7 nitrogen and oxygen atoms in total. The molecule has 0 aromatic heterocycles. The van der Waals surface area contributed by atoms with Gasteiger partial charge in [-0.1, -0.05) is 38.1 Å². The number of hydrogen-bond donors (Lipinski definition) is 0. The summed E-state index contributed by atoms with van der Waals surface area (Å²) in [4.78, 5) is 39.6. The minimum atomic E-state index is -0.468. The lowest BCUT2D eigenvalue weighted by Crippen LogP contribution is -2.44. The molecule has 0 saturated carbocycles. The van der Waals surface area contributed by atoms with E-state index in [4.69, 9.17) is 4.74 Å². The lowest BCUT2D eigenvalue weighted by atomic mass is 9.69. The van der Waals surface area contributed by atoms with Crippen molar-refractivity contribution in [3.05, 3.63) is 75.0 Å². The van der Waals surface area contributed by atoms with Crippen molar-refractivity contribution in [1.29, 1.82) is 0 Å². The van der Waals surface area contributed by atoms with Gasteiger partial charge in [-0.25, -0.2) is 0 Å². The van der Waals surface area contributed by atoms with Gasteiger partial charge in [0.15, 0.2) is 5.78 Å². The average Bonchev–Trinajstić information content (AvgIpc) is 2.73. The molecule has 0 radical (unpaired) electrons. The Hall–Kier alpha value is -3.48. The molecule has 1 aliphatic heterocycles. The molecular formula is C26H28N2O5. The minimum Gasteiger partial charge on any atom is -0.494 e. The van der Waals surface area contributed by atoms with Crippen molar-refractivity contribution in [3.8, 4) is 5.75 Å². The number of nitrogens with zero attached hydrogens (tertiary/aromatic N) is 2. The molecule has 0 N–H and O–H groups in total. The maximum Gasteiger partial charge on any atom is 0.271 e. The topological polar surface area (TPSA) is 89.8 Å². The Kier molecular flexibility index (Phi) is 5.82. The summed E-state index contributed by atoms with van der Waals surface area (Å²) in [6, 6.07) is 12.0. The Bertz CT molecular complexity index is 1180. The molecule has 4 rings (SSSR count). The third kappa shape index (κ3) is 4.15. The second kappa shape index (κ2) is 8.46. The summed E-state index contributed by atoms with van der Waals surface area (Å²) >= 11 is 0. The molecule has 1 aliphatic carbocycles. The molecule has 7 heteroatoms. The van der Waals surface area contributed by atoms with E-state index in [9.17, 15) is 19.7 Å². The van der Waals surface area contributed by atoms with Crippen LogP contribution < -0.4 is 9.64 Å². The molecule has 0 fully saturated rings. The number of carbonyl (C=O) groups excluding carboxylic acids is 2. The van der Waals surface area contributed by atoms with E-state index < -0.39 is 10.8 Å². The van der Waals surface area contributed by atoms with E-state index in [2.05, 4.69) is 0 Å². The third-order valence-electron chi connectivity index (χ3n) is 6.38. The largest absolute Gasteiger partial charge is 0.494 e. The Morgan fingerprint density at radius 2 is 1.88 bits per heavy atom. The predicted octanol–water partition coefficient (Wildman–Crippen LogP) is 5.47. The van der Waals surface area contributed by atoms with E-state index in [1.165, 1.54) is 12.1 Å². The first kappa shape index (κ1) is 22.7. The highest BCUT2D eigenvalue weighted by Crippen LogP contribution is 2.50. The van der Waals surface area contributed by atoms with Gasteiger partial charge < -0.3 is 4.74 Å². The van der Waals surface area contributed by atoms with Crippen LogP contribution in [0.3, 0.4) is 0 Å². The van der Waals surface area contributed by atoms with Gasteiger partial charge in [0.1, 0.15) is 5.75 Å². The van der Waals surface area contributed by atoms with Crippen molar-refractivity contribution >= 4 is 23.1 Å². The SMILES string of the molecule is CCOc1ccccc1C1CC(=O)N(c2cc([N+](=O)[O-])ccc2C)C2=C1C(=O)CC(C)(C)C2. The number of para-hydroxylation sites is 1. The maximum atomic E-state index is 13.6. The molecule has 1 amide bonds. The van der Waals surface area contributed by atoms with Crippen molar-refractivity contribution in [1.82, 2.24) is 0 Å². The summed E-state index contributed by atoms with van der Waals surface area (Å²) in [5.74, 6) is 0.0913. The van der Waals surface area contributed by atoms with Gasteiger partial charge in [0.25, 0.3) is 5.69 Å². The molecule has 0 spiro atoms. The van der Waals surface area contributed by atoms with E-state index in [-0.39, 0.29) is 29.2 Å². The minimum absolute atomic E-state index is 0.0122. The summed E-state index contributed by atoms with van der Waals surface area (Å²) in [6.45, 7) is 8.21. The van der Waals surface area contributed by atoms with Crippen molar-refractivity contribution in [2.24, 2.45) is 5.41 Å². The van der Waals surface area contributed by atoms with Crippen LogP contribution in [0.4, 0.5) is 11.4 Å². The lowest BCUT2D eigenvalue weighted by Gasteiger charge is -2.43. The first-order valence-electron chi connectivity index (χ1n) is 11.2. The Morgan fingerprint density at radius 3 is 2.58 bits per heavy atom. The number of Topliss-reactive ketones (excluding diaryl/α,β-unsaturated/α-hetero) is 1. The molecule has 2 aromatic rings. The van der Waals surface area contributed by atoms with Crippen molar-refractivity contribution in [2.75, 3.05) is 11.5 Å². The van der Waals surface area contributed by atoms with Crippen LogP contribution in [0.15, 0.2) is 53.7 Å². The number of carbonyl (C=O) groups is 2. The monoisotopic (exact) mass is 448 g/mol. The van der Waals surface area contributed by atoms with Crippen molar-refractivity contribution < 1.29 is 19.2 Å². The molecule has 172 valence electrons. The standard InChI is InChI=1S/C26H28N2O5/c1-5-33-23-9-7-6-8-18(23)19-13-24(30)27(20-12-17(28(31)32)11-10-16(20)2)21-14-26(3,4)15-22(29)25(19)21/h6-12,19H,5,13-15H2,1-4H3. The van der Waals surface area contributed by atoms with Gasteiger partial charge in [-0.2, -0.15) is 0 Å². The van der Waals surface area contributed by atoms with Crippen LogP contribution in [-0.4, -0.2) is 23.2 Å².